The Hall–Kier alpha value is -3.49. The Morgan fingerprint density at radius 3 is 2.33 bits per heavy atom. The molecule has 2 fully saturated rings. The topological polar surface area (TPSA) is 112 Å². The second kappa shape index (κ2) is 12.5. The van der Waals surface area contributed by atoms with Crippen LogP contribution < -0.4 is 21.1 Å². The molecule has 5 rings (SSSR count). The van der Waals surface area contributed by atoms with Gasteiger partial charge in [0.2, 0.25) is 0 Å². The van der Waals surface area contributed by atoms with Crippen molar-refractivity contribution in [3.63, 3.8) is 0 Å². The van der Waals surface area contributed by atoms with E-state index in [1.165, 1.54) is 12.9 Å². The third-order valence-corrected chi connectivity index (χ3v) is 6.56. The molecule has 0 amide bonds. The number of rotatable bonds is 8. The Bertz CT molecular complexity index is 1110. The summed E-state index contributed by atoms with van der Waals surface area (Å²) >= 11 is 0. The van der Waals surface area contributed by atoms with Crippen LogP contribution in [0.25, 0.3) is 0 Å². The van der Waals surface area contributed by atoms with Gasteiger partial charge < -0.3 is 26.0 Å². The van der Waals surface area contributed by atoms with Crippen LogP contribution in [0.5, 0.6) is 11.5 Å². The number of ether oxygens (including phenoxy) is 1. The summed E-state index contributed by atoms with van der Waals surface area (Å²) in [5.41, 5.74) is 7.79. The van der Waals surface area contributed by atoms with Gasteiger partial charge in [-0.2, -0.15) is 0 Å². The molecule has 8 nitrogen and oxygen atoms in total. The van der Waals surface area contributed by atoms with Crippen LogP contribution in [0.3, 0.4) is 0 Å². The summed E-state index contributed by atoms with van der Waals surface area (Å²) in [6.45, 7) is 9.61. The van der Waals surface area contributed by atoms with Gasteiger partial charge >= 0.3 is 0 Å². The number of likely N-dealkylation sites (tertiary alicyclic amines) is 1. The maximum atomic E-state index is 8.84. The van der Waals surface area contributed by atoms with E-state index in [-0.39, 0.29) is 0 Å². The number of hydrogen-bond acceptors (Lipinski definition) is 8. The van der Waals surface area contributed by atoms with Crippen molar-refractivity contribution in [3.05, 3.63) is 72.1 Å². The van der Waals surface area contributed by atoms with Crippen LogP contribution in [0, 0.1) is 11.3 Å². The van der Waals surface area contributed by atoms with E-state index in [1.54, 1.807) is 0 Å². The number of aromatic nitrogens is 2. The minimum atomic E-state index is 0.293. The zero-order valence-electron chi connectivity index (χ0n) is 21.2. The highest BCUT2D eigenvalue weighted by Crippen LogP contribution is 2.27. The summed E-state index contributed by atoms with van der Waals surface area (Å²) in [5.74, 6) is 3.21. The van der Waals surface area contributed by atoms with Gasteiger partial charge in [-0.1, -0.05) is 32.0 Å². The van der Waals surface area contributed by atoms with Crippen LogP contribution in [-0.2, 0) is 0 Å². The quantitative estimate of drug-likeness (QED) is 0.349. The molecule has 3 heterocycles. The first-order valence-electron chi connectivity index (χ1n) is 12.9. The highest BCUT2D eigenvalue weighted by molar-refractivity contribution is 6.16. The molecule has 190 valence electrons. The molecule has 0 atom stereocenters. The summed E-state index contributed by atoms with van der Waals surface area (Å²) < 4.78 is 5.87. The lowest BCUT2D eigenvalue weighted by molar-refractivity contribution is 0.162. The minimum Gasteiger partial charge on any atom is -0.457 e. The fourth-order valence-corrected chi connectivity index (χ4v) is 4.51. The molecule has 0 unspecified atom stereocenters. The van der Waals surface area contributed by atoms with Crippen LogP contribution in [-0.4, -0.2) is 59.3 Å². The Balaban J connectivity index is 0.00000148. The van der Waals surface area contributed by atoms with Crippen LogP contribution in [0.15, 0.2) is 60.9 Å². The van der Waals surface area contributed by atoms with E-state index in [0.29, 0.717) is 34.7 Å². The normalized spacial score (nSPS) is 16.4. The van der Waals surface area contributed by atoms with E-state index >= 15 is 0 Å². The van der Waals surface area contributed by atoms with E-state index in [2.05, 4.69) is 25.5 Å². The molecule has 2 aliphatic rings. The molecule has 36 heavy (non-hydrogen) atoms. The molecular formula is C28H37N7O. The monoisotopic (exact) mass is 487 g/mol. The molecule has 0 spiro atoms. The van der Waals surface area contributed by atoms with E-state index < -0.39 is 0 Å². The molecule has 5 N–H and O–H groups in total. The van der Waals surface area contributed by atoms with Crippen molar-refractivity contribution in [1.82, 2.24) is 20.2 Å². The Morgan fingerprint density at radius 1 is 1.03 bits per heavy atom. The van der Waals surface area contributed by atoms with Crippen molar-refractivity contribution in [3.8, 4) is 11.5 Å². The fourth-order valence-electron chi connectivity index (χ4n) is 4.51. The summed E-state index contributed by atoms with van der Waals surface area (Å²) in [6.07, 6.45) is 3.55. The van der Waals surface area contributed by atoms with Crippen molar-refractivity contribution >= 4 is 17.3 Å². The number of nitrogens with zero attached hydrogens (tertiary/aromatic N) is 3. The van der Waals surface area contributed by atoms with Gasteiger partial charge in [-0.05, 0) is 55.2 Å². The van der Waals surface area contributed by atoms with Gasteiger partial charge in [-0.25, -0.2) is 9.97 Å². The van der Waals surface area contributed by atoms with E-state index in [4.69, 9.17) is 15.9 Å². The molecule has 0 saturated carbocycles. The van der Waals surface area contributed by atoms with Gasteiger partial charge in [0, 0.05) is 44.3 Å². The van der Waals surface area contributed by atoms with Gasteiger partial charge in [-0.15, -0.1) is 0 Å². The van der Waals surface area contributed by atoms with Crippen molar-refractivity contribution in [2.45, 2.75) is 32.7 Å². The van der Waals surface area contributed by atoms with Gasteiger partial charge in [0.05, 0.1) is 11.3 Å². The molecule has 2 aromatic carbocycles. The summed E-state index contributed by atoms with van der Waals surface area (Å²) in [5, 5.41) is 15.7. The van der Waals surface area contributed by atoms with Crippen molar-refractivity contribution in [1.29, 1.82) is 5.41 Å². The molecular weight excluding hydrogens is 450 g/mol. The lowest BCUT2D eigenvalue weighted by atomic mass is 9.99. The predicted molar refractivity (Wildman–Crippen MR) is 146 cm³/mol. The Morgan fingerprint density at radius 2 is 1.69 bits per heavy atom. The minimum absolute atomic E-state index is 0.293. The first-order valence-corrected chi connectivity index (χ1v) is 12.9. The predicted octanol–water partition coefficient (Wildman–Crippen LogP) is 4.39. The maximum absolute atomic E-state index is 8.84. The third-order valence-electron chi connectivity index (χ3n) is 6.56. The summed E-state index contributed by atoms with van der Waals surface area (Å²) in [4.78, 5) is 11.2. The number of para-hydroxylation sites is 1. The smallest absolute Gasteiger partial charge is 0.141 e. The molecule has 0 aliphatic carbocycles. The van der Waals surface area contributed by atoms with Crippen LogP contribution in [0.1, 0.15) is 37.8 Å². The molecule has 8 heteroatoms. The third kappa shape index (κ3) is 6.38. The van der Waals surface area contributed by atoms with Gasteiger partial charge in [0.15, 0.2) is 0 Å². The number of nitrogens with one attached hydrogen (secondary N) is 3. The second-order valence-corrected chi connectivity index (χ2v) is 9.04. The second-order valence-electron chi connectivity index (χ2n) is 9.04. The van der Waals surface area contributed by atoms with E-state index in [0.717, 1.165) is 56.3 Å². The Labute approximate surface area is 213 Å². The zero-order chi connectivity index (χ0) is 25.3. The van der Waals surface area contributed by atoms with Gasteiger partial charge in [-0.3, -0.25) is 5.41 Å². The zero-order valence-corrected chi connectivity index (χ0v) is 21.2. The Kier molecular flexibility index (Phi) is 8.86. The average molecular weight is 488 g/mol. The molecule has 0 bridgehead atoms. The number of nitrogens with two attached hydrogens (primary N) is 1. The van der Waals surface area contributed by atoms with E-state index in [9.17, 15) is 0 Å². The largest absolute Gasteiger partial charge is 0.457 e. The average Bonchev–Trinajstić information content (AvgIpc) is 2.89. The number of anilines is 2. The standard InChI is InChI=1S/C26H31N7O.C2H6/c27-24(19-6-8-22(9-7-19)34-21-4-2-1-3-5-21)23-25(28)30-17-31-26(23)32-20-10-12-33(13-11-20)16-18-14-29-15-18;1-2/h1-9,17-18,20,27,29H,10-16H2,(H3,28,30,31,32);1-2H3. The first-order chi connectivity index (χ1) is 17.7. The molecule has 0 radical (unpaired) electrons. The first kappa shape index (κ1) is 25.6. The summed E-state index contributed by atoms with van der Waals surface area (Å²) in [6, 6.07) is 17.4. The van der Waals surface area contributed by atoms with Gasteiger partial charge in [0.25, 0.3) is 0 Å². The highest BCUT2D eigenvalue weighted by atomic mass is 16.5. The highest BCUT2D eigenvalue weighted by Gasteiger charge is 2.26. The fraction of sp³-hybridized carbons (Fsp3) is 0.393. The number of nitrogen functional groups attached to an aromatic ring is 1. The number of hydrogen-bond donors (Lipinski definition) is 4. The lowest BCUT2D eigenvalue weighted by Crippen LogP contribution is -2.50. The maximum Gasteiger partial charge on any atom is 0.141 e. The molecule has 2 aliphatic heterocycles. The SMILES string of the molecule is CC.N=C(c1ccc(Oc2ccccc2)cc1)c1c(N)ncnc1NC1CCN(CC2CNC2)CC1. The van der Waals surface area contributed by atoms with Crippen LogP contribution >= 0.6 is 0 Å². The van der Waals surface area contributed by atoms with E-state index in [1.807, 2.05) is 68.4 Å². The number of benzene rings is 2. The lowest BCUT2D eigenvalue weighted by Gasteiger charge is -2.37. The van der Waals surface area contributed by atoms with Crippen molar-refractivity contribution in [2.75, 3.05) is 43.8 Å². The molecule has 3 aromatic rings. The molecule has 1 aromatic heterocycles. The van der Waals surface area contributed by atoms with Crippen LogP contribution in [0.2, 0.25) is 0 Å². The van der Waals surface area contributed by atoms with Gasteiger partial charge in [0.1, 0.15) is 29.5 Å². The summed E-state index contributed by atoms with van der Waals surface area (Å²) in [7, 11) is 0. The molecule has 2 saturated heterocycles. The van der Waals surface area contributed by atoms with Crippen molar-refractivity contribution in [2.24, 2.45) is 5.92 Å². The van der Waals surface area contributed by atoms with Crippen molar-refractivity contribution < 1.29 is 4.74 Å². The van der Waals surface area contributed by atoms with Crippen LogP contribution in [0.4, 0.5) is 11.6 Å². The number of piperidine rings is 1.